The molecule has 0 bridgehead atoms. The number of carbonyl (C=O) groups excluding carboxylic acids is 5. The molecule has 3 amide bonds. The third kappa shape index (κ3) is 8.77. The number of nitrogens with one attached hydrogen (secondary N) is 2. The number of aromatic nitrogens is 3. The lowest BCUT2D eigenvalue weighted by Crippen LogP contribution is -2.44. The lowest BCUT2D eigenvalue weighted by molar-refractivity contribution is -0.123. The first-order chi connectivity index (χ1) is 26.5. The van der Waals surface area contributed by atoms with Gasteiger partial charge in [0.2, 0.25) is 11.8 Å². The van der Waals surface area contributed by atoms with E-state index in [1.54, 1.807) is 29.5 Å². The topological polar surface area (TPSA) is 182 Å². The third-order valence-corrected chi connectivity index (χ3v) is 11.6. The Morgan fingerprint density at radius 3 is 2.56 bits per heavy atom. The Hall–Kier alpha value is -5.05. The minimum atomic E-state index is -0.901. The molecule has 0 saturated carbocycles. The minimum absolute atomic E-state index is 0.0227. The van der Waals surface area contributed by atoms with E-state index in [4.69, 9.17) is 22.3 Å². The van der Waals surface area contributed by atoms with E-state index in [-0.39, 0.29) is 49.9 Å². The zero-order valence-electron chi connectivity index (χ0n) is 31.2. The molecule has 1 unspecified atom stereocenters. The SMILES string of the molecule is Cc1sc2c(c1C)C(c1ccc(Cl)cc1)=N[C@@H](CC(=O)CNCCCCCCC(=O)Nc1cccc3c1CN(C(CCC=O)C(N)=O)C3=O)c1nnc(C)n1-2. The molecule has 2 aliphatic heterocycles. The summed E-state index contributed by atoms with van der Waals surface area (Å²) in [6, 6.07) is 11.3. The van der Waals surface area contributed by atoms with Crippen molar-refractivity contribution >= 4 is 64.1 Å². The molecule has 13 nitrogen and oxygen atoms in total. The van der Waals surface area contributed by atoms with Crippen LogP contribution >= 0.6 is 22.9 Å². The number of amides is 3. The fraction of sp³-hybridized carbons (Fsp3) is 0.400. The molecular formula is C40H45ClN8O5S. The first-order valence-electron chi connectivity index (χ1n) is 18.5. The van der Waals surface area contributed by atoms with E-state index in [1.807, 2.05) is 35.8 Å². The number of benzene rings is 2. The van der Waals surface area contributed by atoms with Gasteiger partial charge < -0.3 is 26.1 Å². The van der Waals surface area contributed by atoms with Gasteiger partial charge in [-0.25, -0.2) is 0 Å². The number of aryl methyl sites for hydroxylation is 2. The number of carbonyl (C=O) groups is 5. The highest BCUT2D eigenvalue weighted by atomic mass is 35.5. The Balaban J connectivity index is 0.965. The van der Waals surface area contributed by atoms with Crippen LogP contribution in [0.15, 0.2) is 47.5 Å². The second kappa shape index (κ2) is 17.6. The molecule has 4 N–H and O–H groups in total. The summed E-state index contributed by atoms with van der Waals surface area (Å²) in [5.41, 5.74) is 11.0. The van der Waals surface area contributed by atoms with Gasteiger partial charge >= 0.3 is 0 Å². The fourth-order valence-electron chi connectivity index (χ4n) is 7.15. The van der Waals surface area contributed by atoms with Gasteiger partial charge in [0.05, 0.1) is 12.3 Å². The number of halogens is 1. The Bertz CT molecular complexity index is 2140. The number of anilines is 1. The van der Waals surface area contributed by atoms with E-state index in [1.165, 1.54) is 9.78 Å². The van der Waals surface area contributed by atoms with Gasteiger partial charge in [0.25, 0.3) is 5.91 Å². The lowest BCUT2D eigenvalue weighted by Gasteiger charge is -2.24. The average Bonchev–Trinajstić information content (AvgIpc) is 3.77. The summed E-state index contributed by atoms with van der Waals surface area (Å²) in [6.07, 6.45) is 4.68. The van der Waals surface area contributed by atoms with Crippen molar-refractivity contribution in [2.75, 3.05) is 18.4 Å². The monoisotopic (exact) mass is 784 g/mol. The number of nitrogens with two attached hydrogens (primary N) is 1. The van der Waals surface area contributed by atoms with E-state index in [9.17, 15) is 24.0 Å². The number of aliphatic imine (C=N–C) groups is 1. The van der Waals surface area contributed by atoms with Crippen molar-refractivity contribution < 1.29 is 24.0 Å². The molecule has 2 atom stereocenters. The van der Waals surface area contributed by atoms with Crippen LogP contribution < -0.4 is 16.4 Å². The molecule has 2 aliphatic rings. The Morgan fingerprint density at radius 2 is 1.82 bits per heavy atom. The summed E-state index contributed by atoms with van der Waals surface area (Å²) in [5.74, 6) is 0.230. The Labute approximate surface area is 328 Å². The molecule has 0 radical (unpaired) electrons. The molecule has 6 rings (SSSR count). The van der Waals surface area contributed by atoms with Crippen molar-refractivity contribution in [1.29, 1.82) is 0 Å². The standard InChI is InChI=1S/C40H45ClN8O5S/c1-23-24(2)55-40-35(23)36(26-14-16-27(41)17-15-26)45-32(38-47-46-25(3)49(38)40)20-28(51)21-43-18-7-5-4-6-13-34(52)44-31-11-8-10-29-30(31)22-48(39(29)54)33(37(42)53)12-9-19-50/h8,10-11,14-17,19,32-33,43H,4-7,9,12-13,18,20-22H2,1-3H3,(H2,42,53)(H,44,52)/t32-,33?/m0/s1. The van der Waals surface area contributed by atoms with Gasteiger partial charge in [0.15, 0.2) is 5.82 Å². The second-order valence-electron chi connectivity index (χ2n) is 14.0. The normalized spacial score (nSPS) is 15.1. The van der Waals surface area contributed by atoms with E-state index >= 15 is 0 Å². The van der Waals surface area contributed by atoms with E-state index in [0.29, 0.717) is 53.3 Å². The van der Waals surface area contributed by atoms with Crippen LogP contribution in [-0.4, -0.2) is 74.3 Å². The van der Waals surface area contributed by atoms with Gasteiger partial charge in [-0.15, -0.1) is 21.5 Å². The average molecular weight is 785 g/mol. The predicted octanol–water partition coefficient (Wildman–Crippen LogP) is 5.73. The van der Waals surface area contributed by atoms with Crippen molar-refractivity contribution in [1.82, 2.24) is 25.0 Å². The molecular weight excluding hydrogens is 740 g/mol. The Kier molecular flexibility index (Phi) is 12.7. The van der Waals surface area contributed by atoms with Gasteiger partial charge in [-0.2, -0.15) is 0 Å². The molecule has 55 heavy (non-hydrogen) atoms. The lowest BCUT2D eigenvalue weighted by atomic mass is 9.99. The van der Waals surface area contributed by atoms with E-state index < -0.39 is 18.0 Å². The fourth-order valence-corrected chi connectivity index (χ4v) is 8.49. The van der Waals surface area contributed by atoms with Crippen molar-refractivity contribution in [3.05, 3.63) is 91.8 Å². The van der Waals surface area contributed by atoms with Gasteiger partial charge in [0.1, 0.15) is 35.0 Å². The predicted molar refractivity (Wildman–Crippen MR) is 212 cm³/mol. The quantitative estimate of drug-likeness (QED) is 0.0845. The second-order valence-corrected chi connectivity index (χ2v) is 15.6. The van der Waals surface area contributed by atoms with Crippen LogP contribution in [0.4, 0.5) is 5.69 Å². The minimum Gasteiger partial charge on any atom is -0.368 e. The summed E-state index contributed by atoms with van der Waals surface area (Å²) >= 11 is 7.89. The first kappa shape index (κ1) is 39.6. The maximum Gasteiger partial charge on any atom is 0.255 e. The molecule has 4 aromatic rings. The number of thiophene rings is 1. The number of hydrogen-bond donors (Lipinski definition) is 3. The van der Waals surface area contributed by atoms with Crippen LogP contribution in [0.1, 0.15) is 107 Å². The highest BCUT2D eigenvalue weighted by molar-refractivity contribution is 7.15. The molecule has 2 aromatic heterocycles. The highest BCUT2D eigenvalue weighted by Gasteiger charge is 2.37. The van der Waals surface area contributed by atoms with Gasteiger partial charge in [0, 0.05) is 63.6 Å². The number of aldehydes is 1. The van der Waals surface area contributed by atoms with E-state index in [2.05, 4.69) is 34.7 Å². The molecule has 0 aliphatic carbocycles. The molecule has 0 fully saturated rings. The molecule has 288 valence electrons. The summed E-state index contributed by atoms with van der Waals surface area (Å²) in [6.45, 7) is 7.10. The smallest absolute Gasteiger partial charge is 0.255 e. The zero-order chi connectivity index (χ0) is 39.2. The van der Waals surface area contributed by atoms with Crippen molar-refractivity contribution in [3.63, 3.8) is 0 Å². The van der Waals surface area contributed by atoms with Gasteiger partial charge in [-0.05, 0) is 76.4 Å². The number of hydrogen-bond acceptors (Lipinski definition) is 10. The number of nitrogens with zero attached hydrogens (tertiary/aromatic N) is 5. The number of rotatable bonds is 18. The molecule has 15 heteroatoms. The zero-order valence-corrected chi connectivity index (χ0v) is 32.8. The number of ketones is 1. The summed E-state index contributed by atoms with van der Waals surface area (Å²) in [7, 11) is 0. The first-order valence-corrected chi connectivity index (χ1v) is 19.7. The van der Waals surface area contributed by atoms with Crippen molar-refractivity contribution in [2.45, 2.75) is 90.8 Å². The molecule has 2 aromatic carbocycles. The summed E-state index contributed by atoms with van der Waals surface area (Å²) < 4.78 is 2.04. The van der Waals surface area contributed by atoms with Gasteiger partial charge in [-0.3, -0.25) is 28.7 Å². The van der Waals surface area contributed by atoms with Gasteiger partial charge in [-0.1, -0.05) is 42.6 Å². The maximum atomic E-state index is 13.3. The molecule has 0 spiro atoms. The Morgan fingerprint density at radius 1 is 1.05 bits per heavy atom. The summed E-state index contributed by atoms with van der Waals surface area (Å²) in [4.78, 5) is 69.9. The summed E-state index contributed by atoms with van der Waals surface area (Å²) in [5, 5.41) is 16.7. The van der Waals surface area contributed by atoms with Crippen LogP contribution in [-0.2, 0) is 25.7 Å². The van der Waals surface area contributed by atoms with Crippen molar-refractivity contribution in [2.24, 2.45) is 10.7 Å². The number of unbranched alkanes of at least 4 members (excludes halogenated alkanes) is 3. The van der Waals surface area contributed by atoms with Crippen LogP contribution in [0.25, 0.3) is 5.00 Å². The van der Waals surface area contributed by atoms with E-state index in [0.717, 1.165) is 52.5 Å². The number of Topliss-reactive ketones (excluding diaryl/α,β-unsaturated/α-hetero) is 1. The van der Waals surface area contributed by atoms with Crippen molar-refractivity contribution in [3.8, 4) is 5.00 Å². The highest BCUT2D eigenvalue weighted by Crippen LogP contribution is 2.40. The van der Waals surface area contributed by atoms with Crippen LogP contribution in [0.5, 0.6) is 0 Å². The maximum absolute atomic E-state index is 13.3. The third-order valence-electron chi connectivity index (χ3n) is 10.1. The largest absolute Gasteiger partial charge is 0.368 e. The van der Waals surface area contributed by atoms with Crippen LogP contribution in [0, 0.1) is 20.8 Å². The number of fused-ring (bicyclic) bond motifs is 4. The number of primary amides is 1. The molecule has 0 saturated heterocycles. The molecule has 4 heterocycles. The van der Waals surface area contributed by atoms with Crippen LogP contribution in [0.2, 0.25) is 5.02 Å². The van der Waals surface area contributed by atoms with Crippen LogP contribution in [0.3, 0.4) is 0 Å².